The van der Waals surface area contributed by atoms with Crippen LogP contribution in [0.2, 0.25) is 0 Å². The molecule has 0 bridgehead atoms. The normalized spacial score (nSPS) is 25.0. The molecule has 1 aromatic rings. The van der Waals surface area contributed by atoms with Crippen molar-refractivity contribution in [2.75, 3.05) is 12.4 Å². The first kappa shape index (κ1) is 16.8. The molecule has 0 saturated heterocycles. The predicted octanol–water partition coefficient (Wildman–Crippen LogP) is 3.99. The van der Waals surface area contributed by atoms with Crippen LogP contribution in [0.5, 0.6) is 0 Å². The van der Waals surface area contributed by atoms with Crippen LogP contribution in [0, 0.1) is 5.92 Å². The third-order valence-corrected chi connectivity index (χ3v) is 6.15. The second kappa shape index (κ2) is 7.65. The lowest BCUT2D eigenvalue weighted by atomic mass is 9.86. The Labute approximate surface area is 139 Å². The summed E-state index contributed by atoms with van der Waals surface area (Å²) in [7, 11) is 0. The Morgan fingerprint density at radius 2 is 2.29 bits per heavy atom. The molecular formula is C16H22BrNO2S. The van der Waals surface area contributed by atoms with Gasteiger partial charge in [-0.1, -0.05) is 18.6 Å². The van der Waals surface area contributed by atoms with E-state index in [9.17, 15) is 4.79 Å². The van der Waals surface area contributed by atoms with Gasteiger partial charge < -0.3 is 10.5 Å². The third-order valence-electron chi connectivity index (χ3n) is 4.09. The molecule has 0 amide bonds. The highest BCUT2D eigenvalue weighted by Gasteiger charge is 2.46. The zero-order chi connectivity index (χ0) is 15.3. The lowest BCUT2D eigenvalue weighted by Crippen LogP contribution is -2.52. The lowest BCUT2D eigenvalue weighted by molar-refractivity contribution is -0.151. The van der Waals surface area contributed by atoms with Crippen molar-refractivity contribution in [2.24, 2.45) is 11.7 Å². The van der Waals surface area contributed by atoms with Crippen molar-refractivity contribution in [3.8, 4) is 0 Å². The quantitative estimate of drug-likeness (QED) is 0.606. The summed E-state index contributed by atoms with van der Waals surface area (Å²) in [5.41, 5.74) is 5.58. The van der Waals surface area contributed by atoms with Gasteiger partial charge in [-0.3, -0.25) is 4.79 Å². The number of ether oxygens (including phenoxy) is 1. The molecule has 0 spiro atoms. The molecule has 2 atom stereocenters. The summed E-state index contributed by atoms with van der Waals surface area (Å²) in [5, 5.41) is 0. The zero-order valence-electron chi connectivity index (χ0n) is 12.3. The highest BCUT2D eigenvalue weighted by molar-refractivity contribution is 9.10. The van der Waals surface area contributed by atoms with E-state index in [-0.39, 0.29) is 11.9 Å². The molecule has 1 aliphatic carbocycles. The summed E-state index contributed by atoms with van der Waals surface area (Å²) < 4.78 is 6.28. The maximum atomic E-state index is 12.1. The predicted molar refractivity (Wildman–Crippen MR) is 90.4 cm³/mol. The Morgan fingerprint density at radius 3 is 3.00 bits per heavy atom. The van der Waals surface area contributed by atoms with Crippen molar-refractivity contribution in [1.29, 1.82) is 0 Å². The Morgan fingerprint density at radius 1 is 1.52 bits per heavy atom. The van der Waals surface area contributed by atoms with Gasteiger partial charge in [0.25, 0.3) is 0 Å². The van der Waals surface area contributed by atoms with Crippen LogP contribution in [-0.4, -0.2) is 23.9 Å². The molecule has 0 heterocycles. The van der Waals surface area contributed by atoms with Crippen LogP contribution < -0.4 is 5.73 Å². The first-order chi connectivity index (χ1) is 10.1. The first-order valence-electron chi connectivity index (χ1n) is 7.41. The van der Waals surface area contributed by atoms with Gasteiger partial charge in [0.2, 0.25) is 0 Å². The molecule has 0 aromatic heterocycles. The SMILES string of the molecule is CCOC(=O)C1(N)CCCC1CCSc1ccccc1Br. The Kier molecular flexibility index (Phi) is 6.14. The minimum atomic E-state index is -0.773. The van der Waals surface area contributed by atoms with E-state index in [4.69, 9.17) is 10.5 Å². The van der Waals surface area contributed by atoms with Gasteiger partial charge in [0.1, 0.15) is 5.54 Å². The molecule has 5 heteroatoms. The number of hydrogen-bond donors (Lipinski definition) is 1. The number of carbonyl (C=O) groups is 1. The standard InChI is InChI=1S/C16H22BrNO2S/c1-2-20-15(19)16(18)10-5-6-12(16)9-11-21-14-8-4-3-7-13(14)17/h3-4,7-8,12H,2,5-6,9-11,18H2,1H3. The molecule has 0 aliphatic heterocycles. The van der Waals surface area contributed by atoms with E-state index < -0.39 is 5.54 Å². The van der Waals surface area contributed by atoms with Crippen molar-refractivity contribution in [2.45, 2.75) is 43.0 Å². The third kappa shape index (κ3) is 4.02. The van der Waals surface area contributed by atoms with Gasteiger partial charge in [0, 0.05) is 9.37 Å². The fraction of sp³-hybridized carbons (Fsp3) is 0.562. The fourth-order valence-corrected chi connectivity index (χ4v) is 4.54. The van der Waals surface area contributed by atoms with E-state index in [1.807, 2.05) is 25.1 Å². The van der Waals surface area contributed by atoms with Crippen LogP contribution in [-0.2, 0) is 9.53 Å². The number of benzene rings is 1. The van der Waals surface area contributed by atoms with Gasteiger partial charge in [0.05, 0.1) is 6.61 Å². The van der Waals surface area contributed by atoms with Crippen LogP contribution in [0.4, 0.5) is 0 Å². The second-order valence-corrected chi connectivity index (χ2v) is 7.41. The minimum absolute atomic E-state index is 0.224. The van der Waals surface area contributed by atoms with Crippen LogP contribution in [0.1, 0.15) is 32.6 Å². The molecule has 1 fully saturated rings. The largest absolute Gasteiger partial charge is 0.465 e. The monoisotopic (exact) mass is 371 g/mol. The summed E-state index contributed by atoms with van der Waals surface area (Å²) in [4.78, 5) is 13.3. The maximum absolute atomic E-state index is 12.1. The van der Waals surface area contributed by atoms with E-state index >= 15 is 0 Å². The molecule has 3 nitrogen and oxygen atoms in total. The van der Waals surface area contributed by atoms with Gasteiger partial charge in [-0.15, -0.1) is 11.8 Å². The molecule has 116 valence electrons. The minimum Gasteiger partial charge on any atom is -0.465 e. The highest BCUT2D eigenvalue weighted by atomic mass is 79.9. The summed E-state index contributed by atoms with van der Waals surface area (Å²) in [6, 6.07) is 8.19. The fourth-order valence-electron chi connectivity index (χ4n) is 2.91. The molecule has 2 unspecified atom stereocenters. The van der Waals surface area contributed by atoms with Crippen LogP contribution >= 0.6 is 27.7 Å². The Balaban J connectivity index is 1.90. The van der Waals surface area contributed by atoms with E-state index in [0.717, 1.165) is 35.9 Å². The Hall–Kier alpha value is -0.520. The van der Waals surface area contributed by atoms with Crippen molar-refractivity contribution in [3.05, 3.63) is 28.7 Å². The molecule has 0 radical (unpaired) electrons. The molecule has 1 saturated carbocycles. The topological polar surface area (TPSA) is 52.3 Å². The number of carbonyl (C=O) groups excluding carboxylic acids is 1. The summed E-state index contributed by atoms with van der Waals surface area (Å²) in [6.07, 6.45) is 3.73. The van der Waals surface area contributed by atoms with Gasteiger partial charge in [-0.2, -0.15) is 0 Å². The van der Waals surface area contributed by atoms with Crippen LogP contribution in [0.15, 0.2) is 33.6 Å². The van der Waals surface area contributed by atoms with E-state index in [1.165, 1.54) is 4.90 Å². The highest BCUT2D eigenvalue weighted by Crippen LogP contribution is 2.38. The molecule has 2 rings (SSSR count). The summed E-state index contributed by atoms with van der Waals surface area (Å²) in [6.45, 7) is 2.23. The average molecular weight is 372 g/mol. The molecule has 21 heavy (non-hydrogen) atoms. The summed E-state index contributed by atoms with van der Waals surface area (Å²) >= 11 is 5.36. The smallest absolute Gasteiger partial charge is 0.326 e. The average Bonchev–Trinajstić information content (AvgIpc) is 2.84. The van der Waals surface area contributed by atoms with Crippen molar-refractivity contribution in [3.63, 3.8) is 0 Å². The van der Waals surface area contributed by atoms with E-state index in [1.54, 1.807) is 11.8 Å². The van der Waals surface area contributed by atoms with Crippen molar-refractivity contribution < 1.29 is 9.53 Å². The van der Waals surface area contributed by atoms with Gasteiger partial charge in [0.15, 0.2) is 0 Å². The lowest BCUT2D eigenvalue weighted by Gasteiger charge is -2.28. The number of thioether (sulfide) groups is 1. The number of hydrogen-bond acceptors (Lipinski definition) is 4. The number of esters is 1. The number of halogens is 1. The van der Waals surface area contributed by atoms with Gasteiger partial charge in [-0.25, -0.2) is 0 Å². The van der Waals surface area contributed by atoms with Crippen LogP contribution in [0.3, 0.4) is 0 Å². The maximum Gasteiger partial charge on any atom is 0.326 e. The van der Waals surface area contributed by atoms with Gasteiger partial charge in [-0.05, 0) is 65.9 Å². The molecule has 2 N–H and O–H groups in total. The van der Waals surface area contributed by atoms with Crippen molar-refractivity contribution in [1.82, 2.24) is 0 Å². The van der Waals surface area contributed by atoms with Crippen molar-refractivity contribution >= 4 is 33.7 Å². The second-order valence-electron chi connectivity index (χ2n) is 5.42. The molecule has 1 aromatic carbocycles. The zero-order valence-corrected chi connectivity index (χ0v) is 14.7. The van der Waals surface area contributed by atoms with Crippen LogP contribution in [0.25, 0.3) is 0 Å². The molecular weight excluding hydrogens is 350 g/mol. The number of nitrogens with two attached hydrogens (primary N) is 1. The van der Waals surface area contributed by atoms with E-state index in [2.05, 4.69) is 22.0 Å². The molecule has 1 aliphatic rings. The first-order valence-corrected chi connectivity index (χ1v) is 9.19. The van der Waals surface area contributed by atoms with E-state index in [0.29, 0.717) is 6.61 Å². The number of rotatable bonds is 6. The van der Waals surface area contributed by atoms with Gasteiger partial charge >= 0.3 is 5.97 Å². The summed E-state index contributed by atoms with van der Waals surface area (Å²) in [5.74, 6) is 0.968. The Bertz CT molecular complexity index is 497.